The topological polar surface area (TPSA) is 46.2 Å². The molecule has 106 valence electrons. The highest BCUT2D eigenvalue weighted by atomic mass is 79.9. The van der Waals surface area contributed by atoms with Gasteiger partial charge in [-0.3, -0.25) is 4.72 Å². The van der Waals surface area contributed by atoms with Crippen molar-refractivity contribution < 1.29 is 8.42 Å². The number of sulfonamides is 1. The summed E-state index contributed by atoms with van der Waals surface area (Å²) in [5, 5.41) is 0.772. The lowest BCUT2D eigenvalue weighted by Crippen LogP contribution is -2.13. The Morgan fingerprint density at radius 1 is 0.950 bits per heavy atom. The molecule has 2 aromatic rings. The summed E-state index contributed by atoms with van der Waals surface area (Å²) < 4.78 is 27.6. The first-order chi connectivity index (χ1) is 9.28. The molecular formula is C12H7BrCl3NO2S. The molecule has 0 spiro atoms. The normalized spacial score (nSPS) is 11.4. The van der Waals surface area contributed by atoms with Crippen molar-refractivity contribution in [3.63, 3.8) is 0 Å². The number of halogens is 4. The second-order valence-electron chi connectivity index (χ2n) is 3.84. The summed E-state index contributed by atoms with van der Waals surface area (Å²) in [6.07, 6.45) is 0. The molecule has 0 atom stereocenters. The monoisotopic (exact) mass is 413 g/mol. The number of anilines is 1. The van der Waals surface area contributed by atoms with Crippen LogP contribution in [0, 0.1) is 0 Å². The Labute approximate surface area is 140 Å². The molecule has 0 fully saturated rings. The van der Waals surface area contributed by atoms with E-state index in [4.69, 9.17) is 34.8 Å². The van der Waals surface area contributed by atoms with E-state index in [1.54, 1.807) is 6.07 Å². The van der Waals surface area contributed by atoms with Crippen molar-refractivity contribution in [1.29, 1.82) is 0 Å². The van der Waals surface area contributed by atoms with Crippen LogP contribution < -0.4 is 4.72 Å². The summed E-state index contributed by atoms with van der Waals surface area (Å²) in [5.41, 5.74) is 0.265. The molecule has 0 heterocycles. The standard InChI is InChI=1S/C12H7BrCl3NO2S/c13-7-1-2-12(11(16)3-7)20(18,19)17-10-5-8(14)4-9(15)6-10/h1-6,17H. The maximum atomic E-state index is 12.3. The molecule has 0 amide bonds. The van der Waals surface area contributed by atoms with E-state index < -0.39 is 10.0 Å². The van der Waals surface area contributed by atoms with E-state index in [1.807, 2.05) is 0 Å². The minimum atomic E-state index is -3.81. The fourth-order valence-corrected chi connectivity index (χ4v) is 4.12. The molecule has 0 aliphatic heterocycles. The highest BCUT2D eigenvalue weighted by molar-refractivity contribution is 9.10. The van der Waals surface area contributed by atoms with Gasteiger partial charge in [-0.25, -0.2) is 8.42 Å². The molecule has 0 unspecified atom stereocenters. The Hall–Kier alpha value is -0.460. The van der Waals surface area contributed by atoms with E-state index in [-0.39, 0.29) is 15.6 Å². The summed E-state index contributed by atoms with van der Waals surface area (Å²) in [7, 11) is -3.81. The summed E-state index contributed by atoms with van der Waals surface area (Å²) >= 11 is 20.8. The van der Waals surface area contributed by atoms with Crippen molar-refractivity contribution in [2.24, 2.45) is 0 Å². The molecular weight excluding hydrogens is 408 g/mol. The summed E-state index contributed by atoms with van der Waals surface area (Å²) in [6, 6.07) is 8.91. The largest absolute Gasteiger partial charge is 0.279 e. The van der Waals surface area contributed by atoms with E-state index in [9.17, 15) is 8.42 Å². The highest BCUT2D eigenvalue weighted by Crippen LogP contribution is 2.28. The zero-order valence-corrected chi connectivity index (χ0v) is 14.4. The third-order valence-corrected chi connectivity index (χ3v) is 5.09. The molecule has 0 aliphatic carbocycles. The van der Waals surface area contributed by atoms with Crippen LogP contribution in [0.2, 0.25) is 15.1 Å². The van der Waals surface area contributed by atoms with Crippen LogP contribution in [0.25, 0.3) is 0 Å². The smallest absolute Gasteiger partial charge is 0.263 e. The Bertz CT molecular complexity index is 745. The van der Waals surface area contributed by atoms with Gasteiger partial charge in [-0.2, -0.15) is 0 Å². The minimum absolute atomic E-state index is 0.0292. The first kappa shape index (κ1) is 15.9. The molecule has 0 aliphatic rings. The molecule has 0 radical (unpaired) electrons. The Morgan fingerprint density at radius 3 is 2.10 bits per heavy atom. The number of rotatable bonds is 3. The molecule has 0 aromatic heterocycles. The minimum Gasteiger partial charge on any atom is -0.279 e. The van der Waals surface area contributed by atoms with Gasteiger partial charge in [0.2, 0.25) is 0 Å². The van der Waals surface area contributed by atoms with Crippen LogP contribution in [-0.2, 0) is 10.0 Å². The van der Waals surface area contributed by atoms with Gasteiger partial charge in [0.05, 0.1) is 10.7 Å². The van der Waals surface area contributed by atoms with Gasteiger partial charge in [0.15, 0.2) is 0 Å². The Kier molecular flexibility index (Phi) is 4.87. The van der Waals surface area contributed by atoms with Crippen LogP contribution in [0.4, 0.5) is 5.69 Å². The van der Waals surface area contributed by atoms with Gasteiger partial charge >= 0.3 is 0 Å². The predicted molar refractivity (Wildman–Crippen MR) is 86.4 cm³/mol. The van der Waals surface area contributed by atoms with Crippen LogP contribution >= 0.6 is 50.7 Å². The van der Waals surface area contributed by atoms with Crippen LogP contribution in [0.5, 0.6) is 0 Å². The highest BCUT2D eigenvalue weighted by Gasteiger charge is 2.18. The number of hydrogen-bond donors (Lipinski definition) is 1. The van der Waals surface area contributed by atoms with Gasteiger partial charge in [0.1, 0.15) is 4.90 Å². The molecule has 2 aromatic carbocycles. The molecule has 0 saturated carbocycles. The van der Waals surface area contributed by atoms with Gasteiger partial charge in [0, 0.05) is 14.5 Å². The molecule has 0 saturated heterocycles. The van der Waals surface area contributed by atoms with Gasteiger partial charge < -0.3 is 0 Å². The van der Waals surface area contributed by atoms with Gasteiger partial charge in [0.25, 0.3) is 10.0 Å². The van der Waals surface area contributed by atoms with Crippen molar-refractivity contribution in [2.75, 3.05) is 4.72 Å². The summed E-state index contributed by atoms with van der Waals surface area (Å²) in [5.74, 6) is 0. The van der Waals surface area contributed by atoms with Crippen LogP contribution in [0.15, 0.2) is 45.8 Å². The van der Waals surface area contributed by atoms with Crippen molar-refractivity contribution >= 4 is 66.4 Å². The van der Waals surface area contributed by atoms with Crippen molar-refractivity contribution in [3.8, 4) is 0 Å². The van der Waals surface area contributed by atoms with Gasteiger partial charge in [-0.1, -0.05) is 50.7 Å². The molecule has 0 bridgehead atoms. The lowest BCUT2D eigenvalue weighted by molar-refractivity contribution is 0.601. The zero-order chi connectivity index (χ0) is 14.9. The second-order valence-corrected chi connectivity index (χ2v) is 7.68. The Balaban J connectivity index is 2.40. The summed E-state index contributed by atoms with van der Waals surface area (Å²) in [4.78, 5) is -0.0292. The van der Waals surface area contributed by atoms with Crippen LogP contribution in [0.3, 0.4) is 0 Å². The second kappa shape index (κ2) is 6.12. The molecule has 2 rings (SSSR count). The fraction of sp³-hybridized carbons (Fsp3) is 0. The third kappa shape index (κ3) is 3.80. The number of nitrogens with one attached hydrogen (secondary N) is 1. The maximum absolute atomic E-state index is 12.3. The van der Waals surface area contributed by atoms with E-state index in [0.717, 1.165) is 0 Å². The molecule has 8 heteroatoms. The third-order valence-electron chi connectivity index (χ3n) is 2.30. The SMILES string of the molecule is O=S(=O)(Nc1cc(Cl)cc(Cl)c1)c1ccc(Br)cc1Cl. The maximum Gasteiger partial charge on any atom is 0.263 e. The van der Waals surface area contributed by atoms with Crippen molar-refractivity contribution in [2.45, 2.75) is 4.90 Å². The lowest BCUT2D eigenvalue weighted by atomic mass is 10.3. The van der Waals surface area contributed by atoms with E-state index in [2.05, 4.69) is 20.7 Å². The molecule has 3 nitrogen and oxygen atoms in total. The Morgan fingerprint density at radius 2 is 1.55 bits per heavy atom. The average molecular weight is 416 g/mol. The van der Waals surface area contributed by atoms with Gasteiger partial charge in [-0.05, 0) is 36.4 Å². The quantitative estimate of drug-likeness (QED) is 0.748. The molecule has 20 heavy (non-hydrogen) atoms. The first-order valence-corrected chi connectivity index (χ1v) is 8.63. The van der Waals surface area contributed by atoms with E-state index in [0.29, 0.717) is 14.5 Å². The molecule has 1 N–H and O–H groups in total. The van der Waals surface area contributed by atoms with Crippen molar-refractivity contribution in [1.82, 2.24) is 0 Å². The van der Waals surface area contributed by atoms with E-state index >= 15 is 0 Å². The van der Waals surface area contributed by atoms with Gasteiger partial charge in [-0.15, -0.1) is 0 Å². The first-order valence-electron chi connectivity index (χ1n) is 5.22. The summed E-state index contributed by atoms with van der Waals surface area (Å²) in [6.45, 7) is 0. The fourth-order valence-electron chi connectivity index (χ4n) is 1.52. The van der Waals surface area contributed by atoms with E-state index in [1.165, 1.54) is 30.3 Å². The van der Waals surface area contributed by atoms with Crippen LogP contribution in [-0.4, -0.2) is 8.42 Å². The number of hydrogen-bond acceptors (Lipinski definition) is 2. The van der Waals surface area contributed by atoms with Crippen LogP contribution in [0.1, 0.15) is 0 Å². The average Bonchev–Trinajstić information content (AvgIpc) is 2.25. The lowest BCUT2D eigenvalue weighted by Gasteiger charge is -2.10. The predicted octanol–water partition coefficient (Wildman–Crippen LogP) is 5.21. The zero-order valence-electron chi connectivity index (χ0n) is 9.70. The van der Waals surface area contributed by atoms with Crippen molar-refractivity contribution in [3.05, 3.63) is 55.9 Å². The number of benzene rings is 2.